The summed E-state index contributed by atoms with van der Waals surface area (Å²) >= 11 is 0. The quantitative estimate of drug-likeness (QED) is 0.551. The van der Waals surface area contributed by atoms with Gasteiger partial charge < -0.3 is 9.80 Å². The van der Waals surface area contributed by atoms with E-state index in [4.69, 9.17) is 10.8 Å². The Morgan fingerprint density at radius 3 is 1.62 bits per heavy atom. The van der Waals surface area contributed by atoms with Crippen molar-refractivity contribution in [2.45, 2.75) is 47.7 Å². The van der Waals surface area contributed by atoms with Gasteiger partial charge >= 0.3 is 6.18 Å². The number of alkyl halides is 3. The van der Waals surface area contributed by atoms with E-state index in [9.17, 15) is 13.2 Å². The van der Waals surface area contributed by atoms with Gasteiger partial charge in [0, 0.05) is 31.7 Å². The van der Waals surface area contributed by atoms with Gasteiger partial charge in [-0.15, -0.1) is 0 Å². The number of halogens is 3. The summed E-state index contributed by atoms with van der Waals surface area (Å²) in [5.41, 5.74) is 3.54. The van der Waals surface area contributed by atoms with Crippen molar-refractivity contribution in [1.29, 1.82) is 10.8 Å². The van der Waals surface area contributed by atoms with Gasteiger partial charge in [-0.2, -0.15) is 13.2 Å². The molecule has 0 radical (unpaired) electrons. The zero-order valence-electron chi connectivity index (χ0n) is 17.0. The molecular formula is C19H31F3N4. The molecule has 0 saturated heterocycles. The molecule has 0 unspecified atom stereocenters. The fraction of sp³-hybridized carbons (Fsp3) is 0.579. The van der Waals surface area contributed by atoms with Crippen molar-refractivity contribution in [3.63, 3.8) is 0 Å². The molecule has 0 aliphatic heterocycles. The first-order valence-corrected chi connectivity index (χ1v) is 8.40. The number of hydrogen-bond donors (Lipinski definition) is 2. The molecule has 0 spiro atoms. The fourth-order valence-electron chi connectivity index (χ4n) is 2.32. The molecule has 26 heavy (non-hydrogen) atoms. The van der Waals surface area contributed by atoms with Crippen molar-refractivity contribution >= 4 is 17.4 Å². The second-order valence-corrected chi connectivity index (χ2v) is 7.32. The highest BCUT2D eigenvalue weighted by Crippen LogP contribution is 2.29. The van der Waals surface area contributed by atoms with E-state index in [1.807, 2.05) is 0 Å². The van der Waals surface area contributed by atoms with E-state index >= 15 is 0 Å². The van der Waals surface area contributed by atoms with E-state index in [1.165, 1.54) is 30.9 Å². The topological polar surface area (TPSA) is 54.2 Å². The molecule has 0 aliphatic rings. The van der Waals surface area contributed by atoms with Crippen LogP contribution in [-0.2, 0) is 0 Å². The fourth-order valence-corrected chi connectivity index (χ4v) is 2.32. The lowest BCUT2D eigenvalue weighted by molar-refractivity contribution is -0.0677. The average molecular weight is 372 g/mol. The summed E-state index contributed by atoms with van der Waals surface area (Å²) in [6.07, 6.45) is -4.51. The minimum atomic E-state index is -4.51. The predicted molar refractivity (Wildman–Crippen MR) is 104 cm³/mol. The highest BCUT2D eigenvalue weighted by molar-refractivity contribution is 6.00. The van der Waals surface area contributed by atoms with Gasteiger partial charge in [-0.05, 0) is 31.9 Å². The number of amidine groups is 2. The monoisotopic (exact) mass is 372 g/mol. The van der Waals surface area contributed by atoms with E-state index in [0.29, 0.717) is 10.7 Å². The average Bonchev–Trinajstić information content (AvgIpc) is 2.48. The molecule has 0 saturated carbocycles. The summed E-state index contributed by atoms with van der Waals surface area (Å²) in [5, 5.41) is 14.7. The van der Waals surface area contributed by atoms with Crippen LogP contribution in [0.1, 0.15) is 38.8 Å². The zero-order chi connectivity index (χ0) is 20.9. The van der Waals surface area contributed by atoms with E-state index in [2.05, 4.69) is 64.6 Å². The molecule has 1 aromatic carbocycles. The minimum Gasteiger partial charge on any atom is -0.359 e. The molecule has 0 bridgehead atoms. The second kappa shape index (κ2) is 9.05. The van der Waals surface area contributed by atoms with Gasteiger partial charge in [0.15, 0.2) is 0 Å². The molecule has 0 fully saturated rings. The maximum atomic E-state index is 11.4. The number of aryl methyl sites for hydroxylation is 2. The first-order chi connectivity index (χ1) is 11.6. The summed E-state index contributed by atoms with van der Waals surface area (Å²) in [4.78, 5) is 2.82. The van der Waals surface area contributed by atoms with Crippen molar-refractivity contribution in [1.82, 2.24) is 4.90 Å². The van der Waals surface area contributed by atoms with Crippen molar-refractivity contribution in [2.24, 2.45) is 5.41 Å². The molecule has 0 atom stereocenters. The third-order valence-electron chi connectivity index (χ3n) is 3.72. The van der Waals surface area contributed by atoms with Crippen molar-refractivity contribution in [2.75, 3.05) is 25.5 Å². The van der Waals surface area contributed by atoms with Crippen LogP contribution in [0.15, 0.2) is 18.2 Å². The third kappa shape index (κ3) is 6.69. The van der Waals surface area contributed by atoms with E-state index in [0.717, 1.165) is 6.54 Å². The van der Waals surface area contributed by atoms with Crippen molar-refractivity contribution in [3.05, 3.63) is 29.3 Å². The normalized spacial score (nSPS) is 11.3. The van der Waals surface area contributed by atoms with Crippen molar-refractivity contribution < 1.29 is 13.2 Å². The Hall–Kier alpha value is -2.05. The van der Waals surface area contributed by atoms with Gasteiger partial charge in [0.2, 0.25) is 5.84 Å². The number of hydrogen-bond acceptors (Lipinski definition) is 2. The molecular weight excluding hydrogens is 341 g/mol. The summed E-state index contributed by atoms with van der Waals surface area (Å²) in [5.74, 6) is -0.653. The van der Waals surface area contributed by atoms with E-state index in [-0.39, 0.29) is 5.41 Å². The molecule has 7 heteroatoms. The summed E-state index contributed by atoms with van der Waals surface area (Å²) in [7, 11) is 2.35. The highest BCUT2D eigenvalue weighted by Gasteiger charge is 2.35. The Labute approximate surface area is 155 Å². The molecule has 0 amide bonds. The van der Waals surface area contributed by atoms with Crippen LogP contribution in [-0.4, -0.2) is 43.4 Å². The molecule has 4 nitrogen and oxygen atoms in total. The first kappa shape index (κ1) is 23.9. The number of anilines is 1. The van der Waals surface area contributed by atoms with Gasteiger partial charge in [-0.1, -0.05) is 39.0 Å². The van der Waals surface area contributed by atoms with E-state index in [1.54, 1.807) is 0 Å². The summed E-state index contributed by atoms with van der Waals surface area (Å²) < 4.78 is 34.3. The molecule has 148 valence electrons. The van der Waals surface area contributed by atoms with E-state index < -0.39 is 12.0 Å². The lowest BCUT2D eigenvalue weighted by Gasteiger charge is -2.33. The SMILES string of the molecule is CCN(C(=N)C(C)(C)C)c1c(C)cccc1C.CN(C)C(=N)C(F)(F)F. The van der Waals surface area contributed by atoms with Crippen LogP contribution in [0.5, 0.6) is 0 Å². The largest absolute Gasteiger partial charge is 0.448 e. The van der Waals surface area contributed by atoms with Crippen LogP contribution in [0.25, 0.3) is 0 Å². The standard InChI is InChI=1S/C15H24N2.C4H7F3N2/c1-7-17(14(16)15(4,5)6)13-11(2)9-8-10-12(13)3;1-9(2)3(8)4(5,6)7/h8-10,16H,7H2,1-6H3;8H,1-2H3. The maximum Gasteiger partial charge on any atom is 0.448 e. The molecule has 1 aromatic rings. The minimum absolute atomic E-state index is 0.120. The van der Waals surface area contributed by atoms with Crippen LogP contribution < -0.4 is 4.90 Å². The van der Waals surface area contributed by atoms with Gasteiger partial charge in [0.25, 0.3) is 0 Å². The second-order valence-electron chi connectivity index (χ2n) is 7.32. The Kier molecular flexibility index (Phi) is 8.34. The molecule has 0 aliphatic carbocycles. The van der Waals surface area contributed by atoms with Crippen LogP contribution in [0.4, 0.5) is 18.9 Å². The van der Waals surface area contributed by atoms with Crippen LogP contribution in [0.2, 0.25) is 0 Å². The number of benzene rings is 1. The molecule has 1 rings (SSSR count). The molecule has 2 N–H and O–H groups in total. The number of para-hydroxylation sites is 1. The summed E-state index contributed by atoms with van der Waals surface area (Å²) in [6.45, 7) is 13.4. The maximum absolute atomic E-state index is 11.4. The zero-order valence-corrected chi connectivity index (χ0v) is 17.0. The lowest BCUT2D eigenvalue weighted by Crippen LogP contribution is -2.39. The van der Waals surface area contributed by atoms with Gasteiger partial charge in [0.1, 0.15) is 5.84 Å². The number of nitrogens with zero attached hydrogens (tertiary/aromatic N) is 2. The van der Waals surface area contributed by atoms with Gasteiger partial charge in [-0.25, -0.2) is 0 Å². The van der Waals surface area contributed by atoms with Crippen LogP contribution >= 0.6 is 0 Å². The number of rotatable bonds is 2. The Morgan fingerprint density at radius 1 is 0.962 bits per heavy atom. The Bertz CT molecular complexity index is 608. The molecule has 0 heterocycles. The number of nitrogens with one attached hydrogen (secondary N) is 2. The Morgan fingerprint density at radius 2 is 1.38 bits per heavy atom. The Balaban J connectivity index is 0.000000590. The predicted octanol–water partition coefficient (Wildman–Crippen LogP) is 5.24. The van der Waals surface area contributed by atoms with Gasteiger partial charge in [-0.3, -0.25) is 10.8 Å². The lowest BCUT2D eigenvalue weighted by atomic mass is 9.93. The smallest absolute Gasteiger partial charge is 0.359 e. The first-order valence-electron chi connectivity index (χ1n) is 8.40. The van der Waals surface area contributed by atoms with Crippen LogP contribution in [0, 0.1) is 30.1 Å². The van der Waals surface area contributed by atoms with Crippen LogP contribution in [0.3, 0.4) is 0 Å². The summed E-state index contributed by atoms with van der Waals surface area (Å²) in [6, 6.07) is 6.30. The van der Waals surface area contributed by atoms with Gasteiger partial charge in [0.05, 0.1) is 0 Å². The third-order valence-corrected chi connectivity index (χ3v) is 3.72. The molecule has 0 aromatic heterocycles. The highest BCUT2D eigenvalue weighted by atomic mass is 19.4. The van der Waals surface area contributed by atoms with Crippen molar-refractivity contribution in [3.8, 4) is 0 Å².